The third kappa shape index (κ3) is 3.79. The Bertz CT molecular complexity index is 701. The molecule has 2 rings (SSSR count). The Morgan fingerprint density at radius 2 is 1.88 bits per heavy atom. The van der Waals surface area contributed by atoms with Crippen molar-refractivity contribution >= 4 is 17.7 Å². The SMILES string of the molecule is CNc1cccc(-c2ccc(OC)c(OC)c2)c1NC(C)CC=O. The third-order valence-electron chi connectivity index (χ3n) is 3.87. The Balaban J connectivity index is 2.51. The van der Waals surface area contributed by atoms with Crippen molar-refractivity contribution in [3.63, 3.8) is 0 Å². The lowest BCUT2D eigenvalue weighted by Gasteiger charge is -2.20. The van der Waals surface area contributed by atoms with Crippen molar-refractivity contribution in [1.29, 1.82) is 0 Å². The number of rotatable bonds is 8. The lowest BCUT2D eigenvalue weighted by atomic mass is 10.0. The summed E-state index contributed by atoms with van der Waals surface area (Å²) in [7, 11) is 5.12. The molecule has 0 amide bonds. The molecule has 0 bridgehead atoms. The van der Waals surface area contributed by atoms with Crippen LogP contribution in [0.25, 0.3) is 11.1 Å². The summed E-state index contributed by atoms with van der Waals surface area (Å²) in [5.74, 6) is 1.37. The molecule has 128 valence electrons. The van der Waals surface area contributed by atoms with Crippen LogP contribution < -0.4 is 20.1 Å². The maximum absolute atomic E-state index is 10.8. The first kappa shape index (κ1) is 17.7. The number of hydrogen-bond donors (Lipinski definition) is 2. The number of carbonyl (C=O) groups excluding carboxylic acids is 1. The molecule has 0 aliphatic rings. The molecule has 1 unspecified atom stereocenters. The van der Waals surface area contributed by atoms with E-state index in [1.54, 1.807) is 14.2 Å². The van der Waals surface area contributed by atoms with E-state index in [4.69, 9.17) is 9.47 Å². The van der Waals surface area contributed by atoms with Crippen LogP contribution in [0.5, 0.6) is 11.5 Å². The van der Waals surface area contributed by atoms with E-state index in [2.05, 4.69) is 10.6 Å². The number of benzene rings is 2. The van der Waals surface area contributed by atoms with Crippen LogP contribution in [0.15, 0.2) is 36.4 Å². The lowest BCUT2D eigenvalue weighted by Crippen LogP contribution is -2.17. The van der Waals surface area contributed by atoms with Gasteiger partial charge in [0.25, 0.3) is 0 Å². The van der Waals surface area contributed by atoms with E-state index in [1.165, 1.54) is 0 Å². The van der Waals surface area contributed by atoms with Crippen molar-refractivity contribution in [2.24, 2.45) is 0 Å². The normalized spacial score (nSPS) is 11.5. The Morgan fingerprint density at radius 1 is 1.12 bits per heavy atom. The van der Waals surface area contributed by atoms with Crippen LogP contribution in [0.3, 0.4) is 0 Å². The van der Waals surface area contributed by atoms with Gasteiger partial charge in [-0.15, -0.1) is 0 Å². The van der Waals surface area contributed by atoms with Gasteiger partial charge in [-0.3, -0.25) is 0 Å². The Morgan fingerprint density at radius 3 is 2.50 bits per heavy atom. The van der Waals surface area contributed by atoms with E-state index in [9.17, 15) is 4.79 Å². The number of hydrogen-bond acceptors (Lipinski definition) is 5. The summed E-state index contributed by atoms with van der Waals surface area (Å²) < 4.78 is 10.7. The molecule has 0 aliphatic carbocycles. The van der Waals surface area contributed by atoms with Crippen molar-refractivity contribution in [2.75, 3.05) is 31.9 Å². The number of para-hydroxylation sites is 1. The summed E-state index contributed by atoms with van der Waals surface area (Å²) in [4.78, 5) is 10.8. The van der Waals surface area contributed by atoms with Crippen LogP contribution in [-0.4, -0.2) is 33.6 Å². The second kappa shape index (κ2) is 8.24. The van der Waals surface area contributed by atoms with Gasteiger partial charge < -0.3 is 24.9 Å². The minimum atomic E-state index is 0.0379. The average molecular weight is 328 g/mol. The number of carbonyl (C=O) groups is 1. The zero-order valence-electron chi connectivity index (χ0n) is 14.6. The lowest BCUT2D eigenvalue weighted by molar-refractivity contribution is -0.107. The molecule has 0 saturated carbocycles. The molecular formula is C19H24N2O3. The first-order valence-corrected chi connectivity index (χ1v) is 7.88. The van der Waals surface area contributed by atoms with Gasteiger partial charge in [-0.05, 0) is 30.7 Å². The fourth-order valence-electron chi connectivity index (χ4n) is 2.61. The molecule has 1 atom stereocenters. The topological polar surface area (TPSA) is 59.6 Å². The molecular weight excluding hydrogens is 304 g/mol. The van der Waals surface area contributed by atoms with Gasteiger partial charge in [0, 0.05) is 25.1 Å². The maximum atomic E-state index is 10.8. The standard InChI is InChI=1S/C19H24N2O3/c1-13(10-11-22)21-19-15(6-5-7-16(19)20-2)14-8-9-17(23-3)18(12-14)24-4/h5-9,11-13,20-21H,10H2,1-4H3. The largest absolute Gasteiger partial charge is 0.493 e. The fourth-order valence-corrected chi connectivity index (χ4v) is 2.61. The van der Waals surface area contributed by atoms with E-state index in [1.807, 2.05) is 50.4 Å². The number of anilines is 2. The number of methoxy groups -OCH3 is 2. The number of ether oxygens (including phenoxy) is 2. The van der Waals surface area contributed by atoms with Crippen LogP contribution >= 0.6 is 0 Å². The average Bonchev–Trinajstić information content (AvgIpc) is 2.61. The van der Waals surface area contributed by atoms with Gasteiger partial charge in [-0.1, -0.05) is 18.2 Å². The molecule has 5 nitrogen and oxygen atoms in total. The van der Waals surface area contributed by atoms with E-state index < -0.39 is 0 Å². The van der Waals surface area contributed by atoms with Crippen molar-refractivity contribution in [1.82, 2.24) is 0 Å². The van der Waals surface area contributed by atoms with E-state index in [0.717, 1.165) is 28.8 Å². The summed E-state index contributed by atoms with van der Waals surface area (Å²) in [6.07, 6.45) is 1.37. The highest BCUT2D eigenvalue weighted by Gasteiger charge is 2.14. The Kier molecular flexibility index (Phi) is 6.07. The second-order valence-electron chi connectivity index (χ2n) is 5.50. The van der Waals surface area contributed by atoms with Gasteiger partial charge in [0.2, 0.25) is 0 Å². The van der Waals surface area contributed by atoms with Crippen molar-refractivity contribution in [3.8, 4) is 22.6 Å². The molecule has 2 aromatic carbocycles. The molecule has 2 aromatic rings. The molecule has 0 saturated heterocycles. The van der Waals surface area contributed by atoms with Gasteiger partial charge in [0.15, 0.2) is 11.5 Å². The summed E-state index contributed by atoms with van der Waals surface area (Å²) in [6.45, 7) is 1.99. The first-order chi connectivity index (χ1) is 11.6. The minimum Gasteiger partial charge on any atom is -0.493 e. The van der Waals surface area contributed by atoms with Crippen LogP contribution in [0.1, 0.15) is 13.3 Å². The van der Waals surface area contributed by atoms with Gasteiger partial charge in [-0.25, -0.2) is 0 Å². The quantitative estimate of drug-likeness (QED) is 0.722. The molecule has 0 fully saturated rings. The zero-order valence-corrected chi connectivity index (χ0v) is 14.6. The summed E-state index contributed by atoms with van der Waals surface area (Å²) in [5, 5.41) is 6.63. The number of aldehydes is 1. The molecule has 0 spiro atoms. The highest BCUT2D eigenvalue weighted by atomic mass is 16.5. The zero-order chi connectivity index (χ0) is 17.5. The van der Waals surface area contributed by atoms with Gasteiger partial charge in [0.1, 0.15) is 6.29 Å². The monoisotopic (exact) mass is 328 g/mol. The smallest absolute Gasteiger partial charge is 0.161 e. The number of nitrogens with one attached hydrogen (secondary N) is 2. The fraction of sp³-hybridized carbons (Fsp3) is 0.316. The van der Waals surface area contributed by atoms with Crippen molar-refractivity contribution in [3.05, 3.63) is 36.4 Å². The molecule has 0 aliphatic heterocycles. The van der Waals surface area contributed by atoms with E-state index in [0.29, 0.717) is 17.9 Å². The van der Waals surface area contributed by atoms with Gasteiger partial charge >= 0.3 is 0 Å². The van der Waals surface area contributed by atoms with Gasteiger partial charge in [0.05, 0.1) is 25.6 Å². The molecule has 0 heterocycles. The van der Waals surface area contributed by atoms with Crippen LogP contribution in [0, 0.1) is 0 Å². The first-order valence-electron chi connectivity index (χ1n) is 7.88. The highest BCUT2D eigenvalue weighted by molar-refractivity contribution is 5.88. The maximum Gasteiger partial charge on any atom is 0.161 e. The van der Waals surface area contributed by atoms with Crippen LogP contribution in [0.2, 0.25) is 0 Å². The van der Waals surface area contributed by atoms with Crippen molar-refractivity contribution in [2.45, 2.75) is 19.4 Å². The van der Waals surface area contributed by atoms with Crippen molar-refractivity contribution < 1.29 is 14.3 Å². The van der Waals surface area contributed by atoms with Gasteiger partial charge in [-0.2, -0.15) is 0 Å². The minimum absolute atomic E-state index is 0.0379. The summed E-state index contributed by atoms with van der Waals surface area (Å²) >= 11 is 0. The highest BCUT2D eigenvalue weighted by Crippen LogP contribution is 2.38. The summed E-state index contributed by atoms with van der Waals surface area (Å²) in [5.41, 5.74) is 3.97. The van der Waals surface area contributed by atoms with Crippen LogP contribution in [0.4, 0.5) is 11.4 Å². The Labute approximate surface area is 143 Å². The van der Waals surface area contributed by atoms with Crippen LogP contribution in [-0.2, 0) is 4.79 Å². The molecule has 5 heteroatoms. The molecule has 0 radical (unpaired) electrons. The van der Waals surface area contributed by atoms with E-state index in [-0.39, 0.29) is 6.04 Å². The Hall–Kier alpha value is -2.69. The summed E-state index contributed by atoms with van der Waals surface area (Å²) in [6, 6.07) is 11.9. The predicted octanol–water partition coefficient (Wildman–Crippen LogP) is 3.80. The predicted molar refractivity (Wildman–Crippen MR) is 98.3 cm³/mol. The molecule has 0 aromatic heterocycles. The third-order valence-corrected chi connectivity index (χ3v) is 3.87. The van der Waals surface area contributed by atoms with E-state index >= 15 is 0 Å². The molecule has 24 heavy (non-hydrogen) atoms. The molecule has 2 N–H and O–H groups in total. The second-order valence-corrected chi connectivity index (χ2v) is 5.50.